The summed E-state index contributed by atoms with van der Waals surface area (Å²) in [5.41, 5.74) is 5.67. The number of amides is 2. The summed E-state index contributed by atoms with van der Waals surface area (Å²) >= 11 is 0. The van der Waals surface area contributed by atoms with Gasteiger partial charge in [0, 0.05) is 44.5 Å². The third-order valence-corrected chi connectivity index (χ3v) is 9.94. The largest absolute Gasteiger partial charge is 0.493 e. The topological polar surface area (TPSA) is 135 Å². The highest BCUT2D eigenvalue weighted by Gasteiger charge is 2.30. The summed E-state index contributed by atoms with van der Waals surface area (Å²) in [6.07, 6.45) is 6.07. The Balaban J connectivity index is 1.06. The maximum atomic E-state index is 13.6. The number of unbranched alkanes of at least 4 members (excludes halogenated alkanes) is 2. The second-order valence-electron chi connectivity index (χ2n) is 13.1. The van der Waals surface area contributed by atoms with Crippen LogP contribution in [0, 0.1) is 0 Å². The van der Waals surface area contributed by atoms with Gasteiger partial charge in [0.05, 0.1) is 44.1 Å². The van der Waals surface area contributed by atoms with Crippen LogP contribution in [0.15, 0.2) is 53.3 Å². The van der Waals surface area contributed by atoms with Gasteiger partial charge < -0.3 is 34.7 Å². The Labute approximate surface area is 292 Å². The molecule has 4 aromatic rings. The Hall–Kier alpha value is -5.06. The second kappa shape index (κ2) is 15.7. The summed E-state index contributed by atoms with van der Waals surface area (Å²) in [6, 6.07) is 15.0. The number of aromatic nitrogens is 2. The number of nitrogens with one attached hydrogen (secondary N) is 3. The van der Waals surface area contributed by atoms with Gasteiger partial charge in [-0.15, -0.1) is 0 Å². The van der Waals surface area contributed by atoms with E-state index in [1.165, 1.54) is 6.92 Å². The Morgan fingerprint density at radius 3 is 2.44 bits per heavy atom. The molecule has 264 valence electrons. The van der Waals surface area contributed by atoms with Crippen LogP contribution in [0.5, 0.6) is 17.2 Å². The SMILES string of the molecule is COc1cc2c(c(OC)c1OC)-c1ccc(NCCCCCC(=O)N3CCC(c4nc5ccccc5[nH]4)CC3)c(=O)cc1[C@@H](NC(C)=O)CC2. The predicted molar refractivity (Wildman–Crippen MR) is 194 cm³/mol. The third kappa shape index (κ3) is 7.41. The Morgan fingerprint density at radius 2 is 1.72 bits per heavy atom. The van der Waals surface area contributed by atoms with E-state index in [9.17, 15) is 14.4 Å². The van der Waals surface area contributed by atoms with E-state index < -0.39 is 0 Å². The van der Waals surface area contributed by atoms with E-state index >= 15 is 0 Å². The lowest BCUT2D eigenvalue weighted by Gasteiger charge is -2.31. The van der Waals surface area contributed by atoms with Gasteiger partial charge in [0.1, 0.15) is 5.82 Å². The van der Waals surface area contributed by atoms with Crippen molar-refractivity contribution in [2.75, 3.05) is 46.3 Å². The van der Waals surface area contributed by atoms with Crippen molar-refractivity contribution in [3.8, 4) is 28.4 Å². The monoisotopic (exact) mass is 681 g/mol. The first-order valence-corrected chi connectivity index (χ1v) is 17.5. The number of benzene rings is 2. The molecule has 0 radical (unpaired) electrons. The summed E-state index contributed by atoms with van der Waals surface area (Å²) in [5.74, 6) is 2.95. The number of imidazole rings is 1. The fourth-order valence-electron chi connectivity index (χ4n) is 7.38. The van der Waals surface area contributed by atoms with Crippen molar-refractivity contribution in [2.45, 2.75) is 70.3 Å². The molecule has 0 unspecified atom stereocenters. The molecule has 2 amide bonds. The zero-order valence-electron chi connectivity index (χ0n) is 29.4. The number of methoxy groups -OCH3 is 3. The van der Waals surface area contributed by atoms with Crippen molar-refractivity contribution < 1.29 is 23.8 Å². The number of rotatable bonds is 12. The van der Waals surface area contributed by atoms with Crippen molar-refractivity contribution in [2.24, 2.45) is 0 Å². The minimum atomic E-state index is -0.363. The number of para-hydroxylation sites is 2. The van der Waals surface area contributed by atoms with Crippen LogP contribution in [0.2, 0.25) is 0 Å². The van der Waals surface area contributed by atoms with Crippen LogP contribution in [0.3, 0.4) is 0 Å². The molecule has 3 aromatic carbocycles. The van der Waals surface area contributed by atoms with E-state index in [0.29, 0.717) is 54.7 Å². The van der Waals surface area contributed by atoms with E-state index in [2.05, 4.69) is 15.6 Å². The van der Waals surface area contributed by atoms with Gasteiger partial charge in [0.25, 0.3) is 0 Å². The molecule has 0 spiro atoms. The molecule has 0 saturated carbocycles. The van der Waals surface area contributed by atoms with E-state index in [-0.39, 0.29) is 23.3 Å². The highest BCUT2D eigenvalue weighted by Crippen LogP contribution is 2.50. The number of piperidine rings is 1. The number of aryl methyl sites for hydroxylation is 1. The molecular weight excluding hydrogens is 634 g/mol. The summed E-state index contributed by atoms with van der Waals surface area (Å²) in [7, 11) is 4.74. The number of hydrogen-bond donors (Lipinski definition) is 3. The maximum Gasteiger partial charge on any atom is 0.222 e. The van der Waals surface area contributed by atoms with Crippen molar-refractivity contribution in [3.05, 3.63) is 75.7 Å². The summed E-state index contributed by atoms with van der Waals surface area (Å²) in [6.45, 7) is 3.59. The number of carbonyl (C=O) groups excluding carboxylic acids is 2. The lowest BCUT2D eigenvalue weighted by molar-refractivity contribution is -0.132. The first-order chi connectivity index (χ1) is 24.3. The van der Waals surface area contributed by atoms with Gasteiger partial charge >= 0.3 is 0 Å². The minimum Gasteiger partial charge on any atom is -0.493 e. The molecule has 2 aliphatic rings. The number of anilines is 1. The van der Waals surface area contributed by atoms with Crippen molar-refractivity contribution in [1.82, 2.24) is 20.2 Å². The molecule has 1 atom stereocenters. The molecule has 0 bridgehead atoms. The van der Waals surface area contributed by atoms with Crippen LogP contribution in [0.4, 0.5) is 5.69 Å². The van der Waals surface area contributed by atoms with Gasteiger partial charge in [0.2, 0.25) is 23.0 Å². The van der Waals surface area contributed by atoms with E-state index in [1.54, 1.807) is 33.5 Å². The quantitative estimate of drug-likeness (QED) is 0.152. The molecule has 2 heterocycles. The highest BCUT2D eigenvalue weighted by molar-refractivity contribution is 5.84. The number of aromatic amines is 1. The van der Waals surface area contributed by atoms with E-state index in [1.807, 2.05) is 41.3 Å². The lowest BCUT2D eigenvalue weighted by atomic mass is 9.95. The maximum absolute atomic E-state index is 13.6. The number of fused-ring (bicyclic) bond motifs is 4. The third-order valence-electron chi connectivity index (χ3n) is 9.94. The van der Waals surface area contributed by atoms with Gasteiger partial charge in [-0.2, -0.15) is 0 Å². The van der Waals surface area contributed by atoms with Crippen LogP contribution in [-0.2, 0) is 16.0 Å². The fraction of sp³-hybridized carbons (Fsp3) is 0.436. The molecule has 1 aromatic heterocycles. The lowest BCUT2D eigenvalue weighted by Crippen LogP contribution is -2.38. The normalized spacial score (nSPS) is 15.8. The Morgan fingerprint density at radius 1 is 0.940 bits per heavy atom. The predicted octanol–water partition coefficient (Wildman–Crippen LogP) is 6.12. The molecule has 1 fully saturated rings. The van der Waals surface area contributed by atoms with Crippen LogP contribution in [0.1, 0.15) is 80.8 Å². The van der Waals surface area contributed by atoms with E-state index in [4.69, 9.17) is 19.2 Å². The fourth-order valence-corrected chi connectivity index (χ4v) is 7.38. The molecule has 11 heteroatoms. The molecule has 3 N–H and O–H groups in total. The number of H-pyrrole nitrogens is 1. The van der Waals surface area contributed by atoms with Crippen LogP contribution >= 0.6 is 0 Å². The highest BCUT2D eigenvalue weighted by atomic mass is 16.5. The average Bonchev–Trinajstić information content (AvgIpc) is 3.43. The minimum absolute atomic E-state index is 0.161. The number of hydrogen-bond acceptors (Lipinski definition) is 8. The van der Waals surface area contributed by atoms with Crippen molar-refractivity contribution in [1.29, 1.82) is 0 Å². The van der Waals surface area contributed by atoms with Crippen LogP contribution in [-0.4, -0.2) is 67.6 Å². The van der Waals surface area contributed by atoms with Crippen LogP contribution < -0.4 is 30.3 Å². The van der Waals surface area contributed by atoms with E-state index in [0.717, 1.165) is 84.3 Å². The Bertz CT molecular complexity index is 1880. The number of ether oxygens (including phenoxy) is 3. The smallest absolute Gasteiger partial charge is 0.222 e. The first-order valence-electron chi connectivity index (χ1n) is 17.5. The van der Waals surface area contributed by atoms with Gasteiger partial charge in [-0.05, 0) is 85.5 Å². The molecular formula is C39H47N5O6. The molecule has 1 saturated heterocycles. The number of likely N-dealkylation sites (tertiary alicyclic amines) is 1. The molecule has 1 aliphatic carbocycles. The van der Waals surface area contributed by atoms with Gasteiger partial charge in [0.15, 0.2) is 11.5 Å². The summed E-state index contributed by atoms with van der Waals surface area (Å²) in [4.78, 5) is 49.0. The number of nitrogens with zero attached hydrogens (tertiary/aromatic N) is 2. The summed E-state index contributed by atoms with van der Waals surface area (Å²) in [5, 5.41) is 6.37. The zero-order valence-corrected chi connectivity index (χ0v) is 29.4. The van der Waals surface area contributed by atoms with Crippen molar-refractivity contribution >= 4 is 28.5 Å². The molecule has 50 heavy (non-hydrogen) atoms. The van der Waals surface area contributed by atoms with Gasteiger partial charge in [-0.1, -0.05) is 24.6 Å². The van der Waals surface area contributed by atoms with Crippen LogP contribution in [0.25, 0.3) is 22.2 Å². The average molecular weight is 682 g/mol. The van der Waals surface area contributed by atoms with Crippen molar-refractivity contribution in [3.63, 3.8) is 0 Å². The molecule has 6 rings (SSSR count). The first kappa shape index (κ1) is 34.8. The van der Waals surface area contributed by atoms with Gasteiger partial charge in [-0.25, -0.2) is 4.98 Å². The van der Waals surface area contributed by atoms with Gasteiger partial charge in [-0.3, -0.25) is 14.4 Å². The number of carbonyl (C=O) groups is 2. The standard InChI is InChI=1S/C39H47N5O6/c1-24(45)41-29-15-13-26-22-34(48-2)37(49-3)38(50-4)36(26)27-14-16-32(33(46)23-28(27)29)40-19-9-5-6-12-35(47)44-20-17-25(18-21-44)39-42-30-10-7-8-11-31(30)43-39/h7-8,10-11,14,16,22-23,25,29H,5-6,9,12-13,15,17-21H2,1-4H3,(H,40,46)(H,41,45)(H,42,43)/t29-/m0/s1. The Kier molecular flexibility index (Phi) is 10.9. The second-order valence-corrected chi connectivity index (χ2v) is 13.1. The summed E-state index contributed by atoms with van der Waals surface area (Å²) < 4.78 is 17.2. The molecule has 11 nitrogen and oxygen atoms in total. The zero-order chi connectivity index (χ0) is 35.2. The molecule has 1 aliphatic heterocycles.